The van der Waals surface area contributed by atoms with Crippen LogP contribution in [0.15, 0.2) is 61.3 Å². The highest BCUT2D eigenvalue weighted by atomic mass is 16.2. The Kier molecular flexibility index (Phi) is 4.75. The zero-order valence-corrected chi connectivity index (χ0v) is 18.0. The van der Waals surface area contributed by atoms with Crippen LogP contribution in [0.3, 0.4) is 0 Å². The van der Waals surface area contributed by atoms with Crippen LogP contribution in [0.25, 0.3) is 39.2 Å². The van der Waals surface area contributed by atoms with Gasteiger partial charge >= 0.3 is 0 Å². The lowest BCUT2D eigenvalue weighted by atomic mass is 9.97. The predicted octanol–water partition coefficient (Wildman–Crippen LogP) is 3.22. The molecule has 0 radical (unpaired) electrons. The molecule has 0 saturated heterocycles. The van der Waals surface area contributed by atoms with Gasteiger partial charge in [-0.05, 0) is 26.2 Å². The van der Waals surface area contributed by atoms with Gasteiger partial charge < -0.3 is 9.47 Å². The van der Waals surface area contributed by atoms with Gasteiger partial charge in [-0.25, -0.2) is 0 Å². The van der Waals surface area contributed by atoms with Crippen molar-refractivity contribution >= 4 is 51.0 Å². The third kappa shape index (κ3) is 3.06. The lowest BCUT2D eigenvalue weighted by Crippen LogP contribution is -2.24. The summed E-state index contributed by atoms with van der Waals surface area (Å²) >= 11 is 0. The molecule has 2 aromatic carbocycles. The van der Waals surface area contributed by atoms with Crippen molar-refractivity contribution in [1.82, 2.24) is 24.6 Å². The number of carbonyl (C=O) groups is 2. The summed E-state index contributed by atoms with van der Waals surface area (Å²) in [6.07, 6.45) is 3.55. The minimum Gasteiger partial charge on any atom is -0.323 e. The van der Waals surface area contributed by atoms with Crippen LogP contribution in [-0.4, -0.2) is 51.7 Å². The molecule has 1 aliphatic rings. The fraction of sp³-hybridized carbons (Fsp3) is 0.160. The van der Waals surface area contributed by atoms with Gasteiger partial charge in [0.15, 0.2) is 0 Å². The second kappa shape index (κ2) is 7.62. The van der Waals surface area contributed by atoms with Gasteiger partial charge in [-0.3, -0.25) is 19.6 Å². The van der Waals surface area contributed by atoms with Crippen LogP contribution >= 0.6 is 0 Å². The molecule has 1 N–H and O–H groups in total. The van der Waals surface area contributed by atoms with E-state index in [1.54, 1.807) is 6.20 Å². The number of hydrogen-bond donors (Lipinski definition) is 1. The fourth-order valence-electron chi connectivity index (χ4n) is 4.29. The minimum absolute atomic E-state index is 0.356. The summed E-state index contributed by atoms with van der Waals surface area (Å²) in [5.74, 6) is -0.807. The van der Waals surface area contributed by atoms with Crippen LogP contribution in [0.5, 0.6) is 0 Å². The van der Waals surface area contributed by atoms with E-state index in [1.807, 2.05) is 78.1 Å². The standard InChI is InChI=1S/C25H23N5O2/c1-4-29-15-18(16-9-6-8-12-20(16)29)21-22(25(32)26-24(21)31)23-17-10-5-7-11-19(17)27-30(23)14-13-28(2)3/h4-12,15H,1,13-14H2,2-3H3,(H,26,31,32). The van der Waals surface area contributed by atoms with Crippen molar-refractivity contribution < 1.29 is 9.59 Å². The maximum absolute atomic E-state index is 13.1. The van der Waals surface area contributed by atoms with Gasteiger partial charge in [0.1, 0.15) is 0 Å². The summed E-state index contributed by atoms with van der Waals surface area (Å²) in [4.78, 5) is 28.3. The number of benzene rings is 2. The van der Waals surface area contributed by atoms with Gasteiger partial charge in [-0.1, -0.05) is 43.0 Å². The van der Waals surface area contributed by atoms with E-state index in [0.717, 1.165) is 28.4 Å². The molecule has 0 spiro atoms. The molecule has 2 aromatic heterocycles. The number of rotatable bonds is 6. The van der Waals surface area contributed by atoms with E-state index >= 15 is 0 Å². The smallest absolute Gasteiger partial charge is 0.261 e. The normalized spacial score (nSPS) is 14.2. The first-order valence-electron chi connectivity index (χ1n) is 10.4. The van der Waals surface area contributed by atoms with E-state index in [1.165, 1.54) is 0 Å². The Morgan fingerprint density at radius 3 is 2.44 bits per heavy atom. The molecule has 7 nitrogen and oxygen atoms in total. The number of nitrogens with zero attached hydrogens (tertiary/aromatic N) is 4. The van der Waals surface area contributed by atoms with Crippen LogP contribution < -0.4 is 5.32 Å². The molecule has 0 atom stereocenters. The van der Waals surface area contributed by atoms with Crippen molar-refractivity contribution in [2.75, 3.05) is 20.6 Å². The molecular weight excluding hydrogens is 402 g/mol. The van der Waals surface area contributed by atoms with Crippen molar-refractivity contribution in [1.29, 1.82) is 0 Å². The lowest BCUT2D eigenvalue weighted by Gasteiger charge is -2.13. The number of hydrogen-bond acceptors (Lipinski definition) is 4. The van der Waals surface area contributed by atoms with E-state index in [2.05, 4.69) is 16.8 Å². The van der Waals surface area contributed by atoms with Gasteiger partial charge in [-0.2, -0.15) is 5.10 Å². The molecule has 0 unspecified atom stereocenters. The van der Waals surface area contributed by atoms with Crippen molar-refractivity contribution in [2.24, 2.45) is 0 Å². The molecule has 0 aliphatic carbocycles. The van der Waals surface area contributed by atoms with Gasteiger partial charge in [0.25, 0.3) is 11.8 Å². The first-order valence-corrected chi connectivity index (χ1v) is 10.4. The number of amides is 2. The van der Waals surface area contributed by atoms with Gasteiger partial charge in [0.2, 0.25) is 0 Å². The van der Waals surface area contributed by atoms with Crippen LogP contribution in [-0.2, 0) is 16.1 Å². The zero-order valence-electron chi connectivity index (χ0n) is 18.0. The highest BCUT2D eigenvalue weighted by Crippen LogP contribution is 2.38. The Balaban J connectivity index is 1.83. The fourth-order valence-corrected chi connectivity index (χ4v) is 4.29. The Morgan fingerprint density at radius 2 is 1.69 bits per heavy atom. The SMILES string of the molecule is C=Cn1cc(C2=C(c3c4ccccc4nn3CCN(C)C)C(=O)NC2=O)c2ccccc21. The quantitative estimate of drug-likeness (QED) is 0.482. The third-order valence-corrected chi connectivity index (χ3v) is 5.78. The molecule has 7 heteroatoms. The topological polar surface area (TPSA) is 72.2 Å². The Morgan fingerprint density at radius 1 is 1.00 bits per heavy atom. The highest BCUT2D eigenvalue weighted by Gasteiger charge is 2.36. The van der Waals surface area contributed by atoms with Crippen molar-refractivity contribution in [3.05, 3.63) is 72.6 Å². The largest absolute Gasteiger partial charge is 0.323 e. The van der Waals surface area contributed by atoms with Crippen LogP contribution in [0.1, 0.15) is 11.3 Å². The summed E-state index contributed by atoms with van der Waals surface area (Å²) in [6.45, 7) is 5.21. The lowest BCUT2D eigenvalue weighted by molar-refractivity contribution is -0.122. The molecule has 160 valence electrons. The van der Waals surface area contributed by atoms with E-state index in [4.69, 9.17) is 5.10 Å². The molecular formula is C25H23N5O2. The second-order valence-corrected chi connectivity index (χ2v) is 8.08. The van der Waals surface area contributed by atoms with E-state index in [0.29, 0.717) is 28.9 Å². The van der Waals surface area contributed by atoms with E-state index < -0.39 is 11.8 Å². The third-order valence-electron chi connectivity index (χ3n) is 5.78. The number of likely N-dealkylation sites (N-methyl/N-ethyl adjacent to an activating group) is 1. The summed E-state index contributed by atoms with van der Waals surface area (Å²) in [5, 5.41) is 8.98. The average molecular weight is 425 g/mol. The summed E-state index contributed by atoms with van der Waals surface area (Å²) in [7, 11) is 3.98. The number of nitrogens with one attached hydrogen (secondary N) is 1. The van der Waals surface area contributed by atoms with Crippen LogP contribution in [0.4, 0.5) is 0 Å². The molecule has 2 amide bonds. The molecule has 32 heavy (non-hydrogen) atoms. The molecule has 0 bridgehead atoms. The van der Waals surface area contributed by atoms with Crippen molar-refractivity contribution in [2.45, 2.75) is 6.54 Å². The van der Waals surface area contributed by atoms with E-state index in [-0.39, 0.29) is 0 Å². The summed E-state index contributed by atoms with van der Waals surface area (Å²) in [6, 6.07) is 15.5. The maximum Gasteiger partial charge on any atom is 0.261 e. The molecule has 3 heterocycles. The second-order valence-electron chi connectivity index (χ2n) is 8.08. The highest BCUT2D eigenvalue weighted by molar-refractivity contribution is 6.50. The van der Waals surface area contributed by atoms with Crippen molar-refractivity contribution in [3.63, 3.8) is 0 Å². The van der Waals surface area contributed by atoms with Crippen LogP contribution in [0, 0.1) is 0 Å². The Hall–Kier alpha value is -3.97. The number of para-hydroxylation sites is 1. The molecule has 1 aliphatic heterocycles. The Labute approximate surface area is 185 Å². The van der Waals surface area contributed by atoms with Gasteiger partial charge in [0.05, 0.1) is 34.4 Å². The summed E-state index contributed by atoms with van der Waals surface area (Å²) in [5.41, 5.74) is 3.79. The monoisotopic (exact) mass is 425 g/mol. The molecule has 4 aromatic rings. The maximum atomic E-state index is 13.1. The average Bonchev–Trinajstić information content (AvgIpc) is 3.42. The number of fused-ring (bicyclic) bond motifs is 2. The minimum atomic E-state index is -0.405. The molecule has 0 fully saturated rings. The van der Waals surface area contributed by atoms with Gasteiger partial charge in [-0.15, -0.1) is 0 Å². The number of carbonyl (C=O) groups excluding carboxylic acids is 2. The zero-order chi connectivity index (χ0) is 22.4. The molecule has 5 rings (SSSR count). The van der Waals surface area contributed by atoms with Gasteiger partial charge in [0, 0.05) is 35.3 Å². The first-order chi connectivity index (χ1) is 15.5. The predicted molar refractivity (Wildman–Crippen MR) is 127 cm³/mol. The van der Waals surface area contributed by atoms with E-state index in [9.17, 15) is 9.59 Å². The summed E-state index contributed by atoms with van der Waals surface area (Å²) < 4.78 is 3.71. The first kappa shape index (κ1) is 20.0. The Bertz CT molecular complexity index is 1440. The molecule has 0 saturated carbocycles. The van der Waals surface area contributed by atoms with Crippen LogP contribution in [0.2, 0.25) is 0 Å². The number of imide groups is 1. The number of aromatic nitrogens is 3. The van der Waals surface area contributed by atoms with Crippen molar-refractivity contribution in [3.8, 4) is 0 Å².